The number of hydrogen-bond acceptors (Lipinski definition) is 0. The second-order valence-corrected chi connectivity index (χ2v) is 11.4. The molecule has 44 heavy (non-hydrogen) atoms. The molecule has 0 bridgehead atoms. The van der Waals surface area contributed by atoms with Crippen LogP contribution in [0.2, 0.25) is 0 Å². The standard InChI is InChI=1S/C26H38N3.2C7H7.Hf/c1-15-17(3)21(7)25(22(8)18(15)4)28-13-11-27-12-14-29-26-23(9)19(5)16(2)20(6)24(26)10;2*1-7-5-3-2-4-6-7;/h11-14H2,1-10H3;2*2-6H,1H2;/q-3;2*-1;. The van der Waals surface area contributed by atoms with Crippen molar-refractivity contribution in [1.82, 2.24) is 0 Å². The summed E-state index contributed by atoms with van der Waals surface area (Å²) in [4.78, 5) is 0. The monoisotopic (exact) mass is 754 g/mol. The van der Waals surface area contributed by atoms with E-state index >= 15 is 0 Å². The summed E-state index contributed by atoms with van der Waals surface area (Å²) in [7, 11) is 0. The minimum Gasteiger partial charge on any atom is -0.685 e. The van der Waals surface area contributed by atoms with E-state index in [0.29, 0.717) is 0 Å². The van der Waals surface area contributed by atoms with Crippen LogP contribution in [0.25, 0.3) is 16.0 Å². The Balaban J connectivity index is 0.000000523. The average Bonchev–Trinajstić information content (AvgIpc) is 3.01. The molecule has 0 radical (unpaired) electrons. The third-order valence-corrected chi connectivity index (χ3v) is 8.66. The van der Waals surface area contributed by atoms with Gasteiger partial charge in [0.1, 0.15) is 0 Å². The van der Waals surface area contributed by atoms with Crippen molar-refractivity contribution < 1.29 is 25.8 Å². The average molecular weight is 753 g/mol. The van der Waals surface area contributed by atoms with Gasteiger partial charge in [-0.05, 0) is 103 Å². The van der Waals surface area contributed by atoms with Gasteiger partial charge in [-0.1, -0.05) is 34.4 Å². The van der Waals surface area contributed by atoms with Gasteiger partial charge in [0, 0.05) is 25.8 Å². The van der Waals surface area contributed by atoms with Gasteiger partial charge in [0.05, 0.1) is 0 Å². The van der Waals surface area contributed by atoms with E-state index in [9.17, 15) is 0 Å². The SMILES string of the molecule is Cc1c(C)c(C)c([N-]CC[N-]CC[N-]c2c(C)c(C)c(C)c(C)c2C)c(C)c1C.[CH2-]c1ccccc1.[CH2-]c1ccccc1.[Hf]. The fourth-order valence-electron chi connectivity index (χ4n) is 4.97. The van der Waals surface area contributed by atoms with Gasteiger partial charge in [0.15, 0.2) is 0 Å². The maximum atomic E-state index is 4.86. The van der Waals surface area contributed by atoms with E-state index in [2.05, 4.69) is 88.4 Å². The van der Waals surface area contributed by atoms with Crippen molar-refractivity contribution in [3.8, 4) is 0 Å². The third kappa shape index (κ3) is 11.2. The molecule has 4 heteroatoms. The molecule has 0 aliphatic rings. The van der Waals surface area contributed by atoms with Crippen molar-refractivity contribution in [1.29, 1.82) is 0 Å². The summed E-state index contributed by atoms with van der Waals surface area (Å²) in [6, 6.07) is 19.7. The minimum absolute atomic E-state index is 0. The van der Waals surface area contributed by atoms with Gasteiger partial charge in [-0.2, -0.15) is 75.4 Å². The van der Waals surface area contributed by atoms with Crippen LogP contribution in [0.3, 0.4) is 0 Å². The molecule has 0 aliphatic carbocycles. The number of nitrogens with zero attached hydrogens (tertiary/aromatic N) is 3. The summed E-state index contributed by atoms with van der Waals surface area (Å²) >= 11 is 0. The maximum absolute atomic E-state index is 4.86. The quantitative estimate of drug-likeness (QED) is 0.0977. The molecule has 4 aromatic carbocycles. The molecule has 0 aromatic heterocycles. The Hall–Kier alpha value is -2.95. The summed E-state index contributed by atoms with van der Waals surface area (Å²) in [5, 5.41) is 14.4. The molecule has 4 rings (SSSR count). The van der Waals surface area contributed by atoms with Crippen molar-refractivity contribution in [2.24, 2.45) is 0 Å². The van der Waals surface area contributed by atoms with Crippen LogP contribution in [-0.2, 0) is 25.8 Å². The van der Waals surface area contributed by atoms with Crippen LogP contribution in [0.5, 0.6) is 0 Å². The molecule has 0 saturated carbocycles. The zero-order valence-corrected chi connectivity index (χ0v) is 32.5. The van der Waals surface area contributed by atoms with Gasteiger partial charge >= 0.3 is 0 Å². The molecular weight excluding hydrogens is 701 g/mol. The Morgan fingerprint density at radius 2 is 0.636 bits per heavy atom. The van der Waals surface area contributed by atoms with Crippen molar-refractivity contribution >= 4 is 11.4 Å². The summed E-state index contributed by atoms with van der Waals surface area (Å²) in [5.74, 6) is 0. The Morgan fingerprint density at radius 3 is 0.864 bits per heavy atom. The van der Waals surface area contributed by atoms with Crippen LogP contribution in [0.15, 0.2) is 60.7 Å². The first kappa shape index (κ1) is 39.1. The molecule has 0 N–H and O–H groups in total. The molecule has 0 aliphatic heterocycles. The van der Waals surface area contributed by atoms with Gasteiger partial charge in [0.25, 0.3) is 0 Å². The predicted octanol–water partition coefficient (Wildman–Crippen LogP) is 11.6. The predicted molar refractivity (Wildman–Crippen MR) is 191 cm³/mol. The van der Waals surface area contributed by atoms with E-state index in [1.54, 1.807) is 0 Å². The zero-order chi connectivity index (χ0) is 32.1. The molecule has 0 spiro atoms. The van der Waals surface area contributed by atoms with E-state index in [1.165, 1.54) is 55.6 Å². The Labute approximate surface area is 288 Å². The van der Waals surface area contributed by atoms with Crippen LogP contribution < -0.4 is 0 Å². The van der Waals surface area contributed by atoms with Gasteiger partial charge in [0.2, 0.25) is 0 Å². The fourth-order valence-corrected chi connectivity index (χ4v) is 4.97. The first-order valence-electron chi connectivity index (χ1n) is 15.2. The molecule has 4 aromatic rings. The molecule has 236 valence electrons. The van der Waals surface area contributed by atoms with E-state index in [1.807, 2.05) is 60.7 Å². The largest absolute Gasteiger partial charge is 0.685 e. The normalized spacial score (nSPS) is 10.0. The van der Waals surface area contributed by atoms with Crippen LogP contribution in [0.1, 0.15) is 66.8 Å². The first-order chi connectivity index (χ1) is 20.4. The van der Waals surface area contributed by atoms with Gasteiger partial charge < -0.3 is 16.0 Å². The van der Waals surface area contributed by atoms with E-state index in [0.717, 1.165) is 48.7 Å². The third-order valence-electron chi connectivity index (χ3n) is 8.66. The first-order valence-corrected chi connectivity index (χ1v) is 15.2. The van der Waals surface area contributed by atoms with Gasteiger partial charge in [-0.3, -0.25) is 0 Å². The van der Waals surface area contributed by atoms with Crippen molar-refractivity contribution in [2.45, 2.75) is 69.2 Å². The number of benzene rings is 4. The Morgan fingerprint density at radius 1 is 0.386 bits per heavy atom. The second kappa shape index (κ2) is 19.4. The minimum atomic E-state index is 0. The van der Waals surface area contributed by atoms with Crippen molar-refractivity contribution in [3.63, 3.8) is 0 Å². The Kier molecular flexibility index (Phi) is 17.3. The topological polar surface area (TPSA) is 42.3 Å². The fraction of sp³-hybridized carbons (Fsp3) is 0.350. The maximum Gasteiger partial charge on any atom is 0 e. The molecule has 3 nitrogen and oxygen atoms in total. The van der Waals surface area contributed by atoms with Crippen LogP contribution in [0, 0.1) is 83.1 Å². The number of rotatable bonds is 8. The van der Waals surface area contributed by atoms with Gasteiger partial charge in [-0.25, -0.2) is 0 Å². The summed E-state index contributed by atoms with van der Waals surface area (Å²) in [6.07, 6.45) is 0. The number of hydrogen-bond donors (Lipinski definition) is 0. The molecule has 0 amide bonds. The Bertz CT molecular complexity index is 1270. The molecule has 0 unspecified atom stereocenters. The summed E-state index contributed by atoms with van der Waals surface area (Å²) in [6.45, 7) is 32.3. The molecular formula is C40H52HfN3-5. The van der Waals surface area contributed by atoms with E-state index in [4.69, 9.17) is 10.6 Å². The van der Waals surface area contributed by atoms with Gasteiger partial charge in [-0.15, -0.1) is 35.6 Å². The smallest absolute Gasteiger partial charge is 0 e. The molecule has 0 fully saturated rings. The van der Waals surface area contributed by atoms with Crippen molar-refractivity contribution in [2.75, 3.05) is 26.2 Å². The second-order valence-electron chi connectivity index (χ2n) is 11.4. The van der Waals surface area contributed by atoms with Crippen LogP contribution in [-0.4, -0.2) is 26.2 Å². The van der Waals surface area contributed by atoms with Crippen LogP contribution in [0.4, 0.5) is 11.4 Å². The van der Waals surface area contributed by atoms with E-state index < -0.39 is 0 Å². The van der Waals surface area contributed by atoms with E-state index in [-0.39, 0.29) is 25.8 Å². The summed E-state index contributed by atoms with van der Waals surface area (Å²) < 4.78 is 0. The molecule has 0 saturated heterocycles. The van der Waals surface area contributed by atoms with Crippen molar-refractivity contribution in [3.05, 3.63) is 157 Å². The van der Waals surface area contributed by atoms with Crippen LogP contribution >= 0.6 is 0 Å². The zero-order valence-electron chi connectivity index (χ0n) is 28.9. The molecule has 0 atom stereocenters. The molecule has 0 heterocycles. The summed E-state index contributed by atoms with van der Waals surface area (Å²) in [5.41, 5.74) is 17.9.